The molecule has 1 aliphatic rings. The number of aromatic nitrogens is 6. The van der Waals surface area contributed by atoms with E-state index in [-0.39, 0.29) is 12.2 Å². The first kappa shape index (κ1) is 21.1. The van der Waals surface area contributed by atoms with Crippen molar-refractivity contribution in [3.63, 3.8) is 0 Å². The number of rotatable bonds is 4. The summed E-state index contributed by atoms with van der Waals surface area (Å²) in [6.45, 7) is 0. The van der Waals surface area contributed by atoms with Gasteiger partial charge in [0.05, 0.1) is 34.7 Å². The molecule has 0 unspecified atom stereocenters. The second-order valence-corrected chi connectivity index (χ2v) is 7.82. The smallest absolute Gasteiger partial charge is 0.443 e. The maximum atomic E-state index is 13.4. The van der Waals surface area contributed by atoms with Crippen LogP contribution in [-0.2, 0) is 12.8 Å². The number of oxazole rings is 1. The first-order chi connectivity index (χ1) is 16.9. The van der Waals surface area contributed by atoms with E-state index in [1.54, 1.807) is 23.0 Å². The molecule has 12 heteroatoms. The molecule has 6 rings (SSSR count). The van der Waals surface area contributed by atoms with Crippen molar-refractivity contribution in [1.29, 1.82) is 0 Å². The van der Waals surface area contributed by atoms with Gasteiger partial charge in [0.15, 0.2) is 0 Å². The molecule has 0 saturated carbocycles. The van der Waals surface area contributed by atoms with Gasteiger partial charge < -0.3 is 9.15 Å². The Morgan fingerprint density at radius 3 is 2.57 bits per heavy atom. The molecule has 2 aromatic carbocycles. The molecule has 0 spiro atoms. The third-order valence-corrected chi connectivity index (χ3v) is 5.63. The zero-order valence-corrected chi connectivity index (χ0v) is 17.7. The van der Waals surface area contributed by atoms with Crippen LogP contribution >= 0.6 is 0 Å². The van der Waals surface area contributed by atoms with Crippen LogP contribution in [0.25, 0.3) is 23.0 Å². The van der Waals surface area contributed by atoms with Crippen molar-refractivity contribution < 1.29 is 26.7 Å². The van der Waals surface area contributed by atoms with E-state index in [9.17, 15) is 17.6 Å². The summed E-state index contributed by atoms with van der Waals surface area (Å²) >= 11 is 0. The number of hydrogen-bond donors (Lipinski definition) is 0. The van der Waals surface area contributed by atoms with Gasteiger partial charge in [0, 0.05) is 18.9 Å². The predicted molar refractivity (Wildman–Crippen MR) is 113 cm³/mol. The number of hydrogen-bond acceptors (Lipinski definition) is 6. The summed E-state index contributed by atoms with van der Waals surface area (Å²) in [5.41, 5.74) is 4.05. The van der Waals surface area contributed by atoms with Crippen LogP contribution in [0, 0.1) is 5.82 Å². The average molecular weight is 482 g/mol. The van der Waals surface area contributed by atoms with Crippen LogP contribution in [0.1, 0.15) is 22.6 Å². The van der Waals surface area contributed by atoms with Crippen molar-refractivity contribution in [3.05, 3.63) is 89.7 Å². The lowest BCUT2D eigenvalue weighted by molar-refractivity contribution is -0.274. The zero-order chi connectivity index (χ0) is 24.2. The Labute approximate surface area is 194 Å². The number of imidazole rings is 1. The molecular formula is C23H14F4N6O2. The highest BCUT2D eigenvalue weighted by Gasteiger charge is 2.33. The second-order valence-electron chi connectivity index (χ2n) is 7.82. The van der Waals surface area contributed by atoms with E-state index in [0.717, 1.165) is 5.56 Å². The van der Waals surface area contributed by atoms with Gasteiger partial charge in [0.1, 0.15) is 29.9 Å². The van der Waals surface area contributed by atoms with Crippen molar-refractivity contribution in [2.45, 2.75) is 19.2 Å². The van der Waals surface area contributed by atoms with Gasteiger partial charge in [0.25, 0.3) is 0 Å². The maximum absolute atomic E-state index is 13.4. The van der Waals surface area contributed by atoms with Crippen molar-refractivity contribution in [2.24, 2.45) is 0 Å². The van der Waals surface area contributed by atoms with Crippen LogP contribution in [-0.4, -0.2) is 35.9 Å². The summed E-state index contributed by atoms with van der Waals surface area (Å²) < 4.78 is 64.9. The minimum Gasteiger partial charge on any atom is -0.443 e. The Morgan fingerprint density at radius 1 is 1.00 bits per heavy atom. The number of alkyl halides is 3. The van der Waals surface area contributed by atoms with Crippen molar-refractivity contribution in [2.75, 3.05) is 0 Å². The predicted octanol–water partition coefficient (Wildman–Crippen LogP) is 4.64. The lowest BCUT2D eigenvalue weighted by atomic mass is 10.1. The van der Waals surface area contributed by atoms with Crippen LogP contribution in [0.2, 0.25) is 0 Å². The first-order valence-electron chi connectivity index (χ1n) is 10.4. The summed E-state index contributed by atoms with van der Waals surface area (Å²) in [5, 5.41) is 8.54. The van der Waals surface area contributed by atoms with Crippen LogP contribution in [0.3, 0.4) is 0 Å². The first-order valence-corrected chi connectivity index (χ1v) is 10.4. The molecule has 35 heavy (non-hydrogen) atoms. The Bertz CT molecular complexity index is 1520. The number of nitrogens with zero attached hydrogens (tertiary/aromatic N) is 6. The fraction of sp³-hybridized carbons (Fsp3) is 0.130. The molecular weight excluding hydrogens is 468 g/mol. The summed E-state index contributed by atoms with van der Waals surface area (Å²) in [6, 6.07) is 9.96. The zero-order valence-electron chi connectivity index (χ0n) is 17.7. The van der Waals surface area contributed by atoms with E-state index in [1.807, 2.05) is 0 Å². The Kier molecular flexibility index (Phi) is 4.69. The van der Waals surface area contributed by atoms with Crippen LogP contribution < -0.4 is 4.74 Å². The van der Waals surface area contributed by atoms with E-state index in [4.69, 9.17) is 4.42 Å². The van der Waals surface area contributed by atoms with Crippen LogP contribution in [0.4, 0.5) is 17.6 Å². The molecule has 176 valence electrons. The molecule has 4 heterocycles. The van der Waals surface area contributed by atoms with Gasteiger partial charge in [-0.05, 0) is 29.8 Å². The van der Waals surface area contributed by atoms with E-state index < -0.39 is 12.1 Å². The lowest BCUT2D eigenvalue weighted by Gasteiger charge is -2.13. The molecule has 3 aromatic heterocycles. The standard InChI is InChI=1S/C23H14F4N6O2/c24-14-3-1-13(2-4-14)9-16-18-11-20-21(22-28-7-8-34-22)29-12-32(20)17-6-5-15(35-23(25,26)27)10-19(17)33(18)31-30-16/h1-8,10,12H,9,11H2. The number of halogens is 4. The molecule has 8 nitrogen and oxygen atoms in total. The molecule has 0 atom stereocenters. The van der Waals surface area contributed by atoms with Gasteiger partial charge in [-0.3, -0.25) is 4.57 Å². The summed E-state index contributed by atoms with van der Waals surface area (Å²) in [4.78, 5) is 8.64. The van der Waals surface area contributed by atoms with Gasteiger partial charge in [-0.15, -0.1) is 18.3 Å². The number of benzene rings is 2. The highest BCUT2D eigenvalue weighted by Crippen LogP contribution is 2.36. The molecule has 0 bridgehead atoms. The normalized spacial score (nSPS) is 12.6. The van der Waals surface area contributed by atoms with Crippen molar-refractivity contribution in [3.8, 4) is 28.7 Å². The third kappa shape index (κ3) is 3.82. The summed E-state index contributed by atoms with van der Waals surface area (Å²) in [7, 11) is 0. The largest absolute Gasteiger partial charge is 0.573 e. The van der Waals surface area contributed by atoms with Gasteiger partial charge in [-0.25, -0.2) is 19.0 Å². The topological polar surface area (TPSA) is 83.8 Å². The highest BCUT2D eigenvalue weighted by molar-refractivity contribution is 5.63. The fourth-order valence-corrected chi connectivity index (χ4v) is 4.14. The maximum Gasteiger partial charge on any atom is 0.573 e. The summed E-state index contributed by atoms with van der Waals surface area (Å²) in [6.07, 6.45) is 0.252. The monoisotopic (exact) mass is 482 g/mol. The third-order valence-electron chi connectivity index (χ3n) is 5.63. The molecule has 0 radical (unpaired) electrons. The minimum atomic E-state index is -4.85. The van der Waals surface area contributed by atoms with E-state index >= 15 is 0 Å². The Morgan fingerprint density at radius 2 is 1.83 bits per heavy atom. The Balaban J connectivity index is 1.53. The van der Waals surface area contributed by atoms with Gasteiger partial charge in [-0.2, -0.15) is 0 Å². The SMILES string of the molecule is Fc1ccc(Cc2nnn3c2Cc2c(-c4ncco4)ncn2-c2ccc(OC(F)(F)F)cc2-3)cc1. The number of ether oxygens (including phenoxy) is 1. The van der Waals surface area contributed by atoms with E-state index in [0.29, 0.717) is 46.5 Å². The fourth-order valence-electron chi connectivity index (χ4n) is 4.14. The highest BCUT2D eigenvalue weighted by atomic mass is 19.4. The van der Waals surface area contributed by atoms with Gasteiger partial charge in [0.2, 0.25) is 5.89 Å². The lowest BCUT2D eigenvalue weighted by Crippen LogP contribution is -2.17. The quantitative estimate of drug-likeness (QED) is 0.341. The minimum absolute atomic E-state index is 0.283. The molecule has 0 N–H and O–H groups in total. The number of fused-ring (bicyclic) bond motifs is 5. The van der Waals surface area contributed by atoms with Gasteiger partial charge in [-0.1, -0.05) is 17.3 Å². The molecule has 0 fully saturated rings. The Hall–Kier alpha value is -4.48. The van der Waals surface area contributed by atoms with Crippen LogP contribution in [0.5, 0.6) is 5.75 Å². The molecule has 5 aromatic rings. The molecule has 0 saturated heterocycles. The second kappa shape index (κ2) is 7.79. The molecule has 1 aliphatic heterocycles. The molecule has 0 amide bonds. The molecule has 0 aliphatic carbocycles. The van der Waals surface area contributed by atoms with Crippen molar-refractivity contribution in [1.82, 2.24) is 29.5 Å². The van der Waals surface area contributed by atoms with Crippen LogP contribution in [0.15, 0.2) is 65.7 Å². The van der Waals surface area contributed by atoms with E-state index in [1.165, 1.54) is 47.5 Å². The summed E-state index contributed by atoms with van der Waals surface area (Å²) in [5.74, 6) is -0.450. The van der Waals surface area contributed by atoms with E-state index in [2.05, 4.69) is 25.0 Å². The average Bonchev–Trinajstić information content (AvgIpc) is 3.54. The van der Waals surface area contributed by atoms with Gasteiger partial charge >= 0.3 is 6.36 Å². The van der Waals surface area contributed by atoms with Crippen molar-refractivity contribution >= 4 is 0 Å².